The third-order valence-electron chi connectivity index (χ3n) is 3.57. The molecule has 0 aliphatic carbocycles. The first-order chi connectivity index (χ1) is 8.61. The molecule has 5 N–H and O–H groups in total. The monoisotopic (exact) mass is 248 g/mol. The normalized spacial score (nSPS) is 23.9. The number of amides is 2. The quantitative estimate of drug-likeness (QED) is 0.649. The minimum absolute atomic E-state index is 0.0532. The molecule has 0 spiro atoms. The third-order valence-corrected chi connectivity index (χ3v) is 3.57. The Morgan fingerprint density at radius 1 is 1.44 bits per heavy atom. The molecule has 1 aromatic carbocycles. The van der Waals surface area contributed by atoms with Gasteiger partial charge in [0.25, 0.3) is 0 Å². The lowest BCUT2D eigenvalue weighted by molar-refractivity contribution is -0.117. The molecular weight excluding hydrogens is 234 g/mol. The number of benzene rings is 1. The van der Waals surface area contributed by atoms with Gasteiger partial charge in [0.1, 0.15) is 0 Å². The number of hydrogen-bond acceptors (Lipinski definition) is 3. The summed E-state index contributed by atoms with van der Waals surface area (Å²) in [7, 11) is 0. The van der Waals surface area contributed by atoms with Crippen LogP contribution in [0, 0.1) is 0 Å². The first kappa shape index (κ1) is 10.9. The van der Waals surface area contributed by atoms with Crippen molar-refractivity contribution in [2.24, 2.45) is 0 Å². The van der Waals surface area contributed by atoms with Crippen LogP contribution in [0.3, 0.4) is 0 Å². The summed E-state index contributed by atoms with van der Waals surface area (Å²) in [4.78, 5) is 22.6. The summed E-state index contributed by atoms with van der Waals surface area (Å²) in [5.74, 6) is -0.0532. The topological polar surface area (TPSA) is 93.1 Å². The van der Waals surface area contributed by atoms with Gasteiger partial charge in [-0.1, -0.05) is 6.07 Å². The van der Waals surface area contributed by atoms with Crippen LogP contribution in [-0.2, 0) is 10.2 Å². The van der Waals surface area contributed by atoms with Gasteiger partial charge >= 0.3 is 6.09 Å². The third kappa shape index (κ3) is 1.49. The summed E-state index contributed by atoms with van der Waals surface area (Å²) in [6.45, 7) is 0.910. The summed E-state index contributed by atoms with van der Waals surface area (Å²) >= 11 is 0. The summed E-state index contributed by atoms with van der Waals surface area (Å²) in [6, 6.07) is 5.70. The highest BCUT2D eigenvalue weighted by Gasteiger charge is 2.46. The van der Waals surface area contributed by atoms with Gasteiger partial charge in [0.15, 0.2) is 0 Å². The fraction of sp³-hybridized carbons (Fsp3) is 0.333. The molecule has 0 aromatic heterocycles. The Hall–Kier alpha value is -2.24. The molecule has 1 unspecified atom stereocenters. The molecule has 0 radical (unpaired) electrons. The molecule has 18 heavy (non-hydrogen) atoms. The lowest BCUT2D eigenvalue weighted by Gasteiger charge is -2.33. The van der Waals surface area contributed by atoms with Gasteiger partial charge in [0.05, 0.1) is 4.79 Å². The van der Waals surface area contributed by atoms with Gasteiger partial charge in [-0.2, -0.15) is 0 Å². The Balaban J connectivity index is 2.04. The maximum Gasteiger partial charge on any atom is 0.626 e. The Kier molecular flexibility index (Phi) is 2.19. The molecule has 0 saturated carbocycles. The fourth-order valence-corrected chi connectivity index (χ4v) is 2.84. The first-order valence-corrected chi connectivity index (χ1v) is 5.77. The van der Waals surface area contributed by atoms with Crippen molar-refractivity contribution in [2.45, 2.75) is 11.8 Å². The minimum atomic E-state index is -0.818. The lowest BCUT2D eigenvalue weighted by Crippen LogP contribution is -2.46. The second kappa shape index (κ2) is 3.63. The number of hydrogen-bond donors (Lipinski definition) is 3. The van der Waals surface area contributed by atoms with Crippen molar-refractivity contribution >= 4 is 23.4 Å². The van der Waals surface area contributed by atoms with E-state index < -0.39 is 11.5 Å². The molecule has 6 nitrogen and oxygen atoms in total. The second-order valence-corrected chi connectivity index (χ2v) is 4.77. The molecule has 1 aromatic rings. The summed E-state index contributed by atoms with van der Waals surface area (Å²) in [5, 5.41) is 15.6. The molecule has 94 valence electrons. The number of carbonyl (C=O) groups excluding carboxylic acids is 2. The number of anilines is 2. The van der Waals surface area contributed by atoms with E-state index in [9.17, 15) is 9.59 Å². The van der Waals surface area contributed by atoms with Crippen LogP contribution in [-0.4, -0.2) is 30.2 Å². The summed E-state index contributed by atoms with van der Waals surface area (Å²) < 4.78 is 0. The van der Waals surface area contributed by atoms with Crippen molar-refractivity contribution in [3.8, 4) is 0 Å². The van der Waals surface area contributed by atoms with E-state index in [0.717, 1.165) is 16.9 Å². The molecule has 2 aliphatic heterocycles. The van der Waals surface area contributed by atoms with E-state index in [1.54, 1.807) is 0 Å². The number of rotatable bonds is 2. The lowest BCUT2D eigenvalue weighted by atomic mass is 9.76. The van der Waals surface area contributed by atoms with Crippen molar-refractivity contribution in [1.82, 2.24) is 5.32 Å². The molecule has 2 aliphatic rings. The Bertz CT molecular complexity index is 543. The van der Waals surface area contributed by atoms with Crippen LogP contribution in [0.25, 0.3) is 0 Å². The van der Waals surface area contributed by atoms with Crippen LogP contribution in [0.5, 0.6) is 0 Å². The van der Waals surface area contributed by atoms with E-state index in [1.807, 2.05) is 18.2 Å². The van der Waals surface area contributed by atoms with Crippen LogP contribution in [0.4, 0.5) is 16.2 Å². The second-order valence-electron chi connectivity index (χ2n) is 4.77. The number of carbonyl (C=O) groups is 2. The standard InChI is InChI=1S/C12H13N3O3/c16-9-4-12(6-14-11(17)18)5-13-7-2-1-3-8(15-9)10(7)12/h1-3,13-14H,4-6H2,(H,15,16)(H,17,18)/p+1. The van der Waals surface area contributed by atoms with Crippen LogP contribution >= 0.6 is 0 Å². The molecule has 0 saturated heterocycles. The predicted molar refractivity (Wildman–Crippen MR) is 66.9 cm³/mol. The average molecular weight is 248 g/mol. The molecule has 0 bridgehead atoms. The largest absolute Gasteiger partial charge is 0.626 e. The molecule has 6 heteroatoms. The molecule has 2 heterocycles. The smallest absolute Gasteiger partial charge is 0.547 e. The highest BCUT2D eigenvalue weighted by atomic mass is 16.4. The van der Waals surface area contributed by atoms with Crippen molar-refractivity contribution in [1.29, 1.82) is 0 Å². The van der Waals surface area contributed by atoms with Crippen molar-refractivity contribution in [2.75, 3.05) is 23.7 Å². The summed E-state index contributed by atoms with van der Waals surface area (Å²) in [6.07, 6.45) is -0.495. The SMILES string of the molecule is O=C([OH2+])NCC12CNc3cccc(c31)NC(=O)C2. The van der Waals surface area contributed by atoms with Crippen molar-refractivity contribution in [3.63, 3.8) is 0 Å². The molecule has 1 atom stereocenters. The van der Waals surface area contributed by atoms with E-state index in [2.05, 4.69) is 16.0 Å². The Morgan fingerprint density at radius 2 is 2.22 bits per heavy atom. The zero-order valence-corrected chi connectivity index (χ0v) is 9.67. The van der Waals surface area contributed by atoms with E-state index in [1.165, 1.54) is 0 Å². The highest BCUT2D eigenvalue weighted by molar-refractivity contribution is 5.98. The zero-order valence-electron chi connectivity index (χ0n) is 9.67. The van der Waals surface area contributed by atoms with Crippen molar-refractivity contribution < 1.29 is 14.7 Å². The number of nitrogens with one attached hydrogen (secondary N) is 3. The first-order valence-electron chi connectivity index (χ1n) is 5.77. The Labute approximate surface area is 103 Å². The van der Waals surface area contributed by atoms with E-state index in [0.29, 0.717) is 19.5 Å². The molecule has 0 fully saturated rings. The van der Waals surface area contributed by atoms with Crippen LogP contribution in [0.1, 0.15) is 12.0 Å². The van der Waals surface area contributed by atoms with Crippen LogP contribution < -0.4 is 16.0 Å². The van der Waals surface area contributed by atoms with Gasteiger partial charge < -0.3 is 15.7 Å². The predicted octanol–water partition coefficient (Wildman–Crippen LogP) is 0.126. The van der Waals surface area contributed by atoms with E-state index in [-0.39, 0.29) is 5.91 Å². The zero-order chi connectivity index (χ0) is 12.8. The van der Waals surface area contributed by atoms with E-state index in [4.69, 9.17) is 5.11 Å². The van der Waals surface area contributed by atoms with Gasteiger partial charge in [-0.3, -0.25) is 10.1 Å². The summed E-state index contributed by atoms with van der Waals surface area (Å²) in [5.41, 5.74) is 2.41. The Morgan fingerprint density at radius 3 is 3.00 bits per heavy atom. The van der Waals surface area contributed by atoms with Gasteiger partial charge in [-0.25, -0.2) is 0 Å². The average Bonchev–Trinajstić information content (AvgIpc) is 2.68. The maximum atomic E-state index is 11.8. The van der Waals surface area contributed by atoms with Gasteiger partial charge in [-0.15, -0.1) is 0 Å². The molecule has 3 rings (SSSR count). The molecule has 2 amide bonds. The van der Waals surface area contributed by atoms with Gasteiger partial charge in [0, 0.05) is 41.9 Å². The van der Waals surface area contributed by atoms with Crippen LogP contribution in [0.2, 0.25) is 0 Å². The fourth-order valence-electron chi connectivity index (χ4n) is 2.84. The van der Waals surface area contributed by atoms with E-state index >= 15 is 0 Å². The van der Waals surface area contributed by atoms with Crippen molar-refractivity contribution in [3.05, 3.63) is 23.8 Å². The van der Waals surface area contributed by atoms with Gasteiger partial charge in [-0.05, 0) is 12.1 Å². The highest BCUT2D eigenvalue weighted by Crippen LogP contribution is 2.46. The molecular formula is C12H14N3O3+. The van der Waals surface area contributed by atoms with Crippen LogP contribution in [0.15, 0.2) is 18.2 Å². The maximum absolute atomic E-state index is 11.8. The van der Waals surface area contributed by atoms with Gasteiger partial charge in [0.2, 0.25) is 5.91 Å². The minimum Gasteiger partial charge on any atom is -0.547 e.